The van der Waals surface area contributed by atoms with Crippen molar-refractivity contribution >= 4 is 6.01 Å². The summed E-state index contributed by atoms with van der Waals surface area (Å²) in [5.74, 6) is 0.688. The lowest BCUT2D eigenvalue weighted by molar-refractivity contribution is 0.415. The molecule has 1 aliphatic rings. The molecule has 0 bridgehead atoms. The van der Waals surface area contributed by atoms with E-state index >= 15 is 0 Å². The summed E-state index contributed by atoms with van der Waals surface area (Å²) in [4.78, 5) is 4.11. The summed E-state index contributed by atoms with van der Waals surface area (Å²) in [5.41, 5.74) is 0.525. The van der Waals surface area contributed by atoms with Crippen molar-refractivity contribution in [1.29, 1.82) is 0 Å². The molecule has 1 heterocycles. The van der Waals surface area contributed by atoms with E-state index < -0.39 is 0 Å². The molecule has 1 N–H and O–H groups in total. The van der Waals surface area contributed by atoms with Gasteiger partial charge in [0.1, 0.15) is 0 Å². The molecule has 0 spiro atoms. The van der Waals surface area contributed by atoms with Crippen LogP contribution in [0, 0.1) is 12.3 Å². The first kappa shape index (κ1) is 9.49. The number of hydrogen-bond acceptors (Lipinski definition) is 4. The van der Waals surface area contributed by atoms with E-state index in [1.54, 1.807) is 0 Å². The number of nitrogens with one attached hydrogen (secondary N) is 1. The molecule has 0 aliphatic heterocycles. The first-order valence-corrected chi connectivity index (χ1v) is 5.28. The summed E-state index contributed by atoms with van der Waals surface area (Å²) in [6, 6.07) is 0.560. The third-order valence-electron chi connectivity index (χ3n) is 2.88. The molecular formula is C10H17N3O. The lowest BCUT2D eigenvalue weighted by Gasteiger charge is -2.12. The van der Waals surface area contributed by atoms with E-state index in [1.165, 1.54) is 25.7 Å². The molecule has 1 aromatic heterocycles. The Morgan fingerprint density at radius 2 is 2.29 bits per heavy atom. The van der Waals surface area contributed by atoms with Gasteiger partial charge >= 0.3 is 6.01 Å². The van der Waals surface area contributed by atoms with Gasteiger partial charge in [-0.2, -0.15) is 4.98 Å². The van der Waals surface area contributed by atoms with Crippen molar-refractivity contribution < 1.29 is 4.52 Å². The molecule has 0 unspecified atom stereocenters. The van der Waals surface area contributed by atoms with Crippen LogP contribution < -0.4 is 5.32 Å². The van der Waals surface area contributed by atoms with Gasteiger partial charge in [-0.1, -0.05) is 18.5 Å². The predicted octanol–water partition coefficient (Wildman–Crippen LogP) is 2.37. The summed E-state index contributed by atoms with van der Waals surface area (Å²) in [6.45, 7) is 5.03. The Balaban J connectivity index is 1.82. The fraction of sp³-hybridized carbons (Fsp3) is 0.800. The summed E-state index contributed by atoms with van der Waals surface area (Å²) < 4.78 is 4.99. The van der Waals surface area contributed by atoms with Crippen LogP contribution in [0.4, 0.5) is 6.01 Å². The van der Waals surface area contributed by atoms with Gasteiger partial charge in [0, 0.05) is 6.54 Å². The van der Waals surface area contributed by atoms with Gasteiger partial charge in [-0.3, -0.25) is 0 Å². The maximum atomic E-state index is 4.99. The fourth-order valence-electron chi connectivity index (χ4n) is 1.85. The van der Waals surface area contributed by atoms with E-state index in [9.17, 15) is 0 Å². The van der Waals surface area contributed by atoms with Crippen LogP contribution in [-0.2, 0) is 0 Å². The van der Waals surface area contributed by atoms with Crippen LogP contribution in [0.2, 0.25) is 0 Å². The zero-order chi connectivity index (χ0) is 10.0. The molecule has 14 heavy (non-hydrogen) atoms. The summed E-state index contributed by atoms with van der Waals surface area (Å²) in [7, 11) is 0. The molecular weight excluding hydrogens is 178 g/mol. The molecule has 4 heteroatoms. The van der Waals surface area contributed by atoms with Crippen molar-refractivity contribution in [2.45, 2.75) is 39.5 Å². The topological polar surface area (TPSA) is 51.0 Å². The lowest BCUT2D eigenvalue weighted by Crippen LogP contribution is -2.15. The SMILES string of the molecule is CCCC1(CNc2nc(C)no2)CC1. The average molecular weight is 195 g/mol. The lowest BCUT2D eigenvalue weighted by atomic mass is 10.0. The van der Waals surface area contributed by atoms with Crippen molar-refractivity contribution in [3.63, 3.8) is 0 Å². The molecule has 1 fully saturated rings. The van der Waals surface area contributed by atoms with Crippen LogP contribution in [0.15, 0.2) is 4.52 Å². The predicted molar refractivity (Wildman–Crippen MR) is 54.1 cm³/mol. The second-order valence-corrected chi connectivity index (χ2v) is 4.25. The second kappa shape index (κ2) is 3.59. The minimum absolute atomic E-state index is 0.525. The number of anilines is 1. The van der Waals surface area contributed by atoms with Gasteiger partial charge in [-0.15, -0.1) is 0 Å². The zero-order valence-corrected chi connectivity index (χ0v) is 8.84. The molecule has 1 saturated carbocycles. The summed E-state index contributed by atoms with van der Waals surface area (Å²) in [5, 5.41) is 6.95. The number of nitrogens with zero attached hydrogens (tertiary/aromatic N) is 2. The third kappa shape index (κ3) is 2.05. The van der Waals surface area contributed by atoms with Gasteiger partial charge < -0.3 is 9.84 Å². The maximum absolute atomic E-state index is 4.99. The molecule has 0 amide bonds. The Labute approximate surface area is 84.1 Å². The number of hydrogen-bond donors (Lipinski definition) is 1. The van der Waals surface area contributed by atoms with Crippen LogP contribution in [0.3, 0.4) is 0 Å². The molecule has 2 rings (SSSR count). The molecule has 4 nitrogen and oxygen atoms in total. The van der Waals surface area contributed by atoms with Gasteiger partial charge in [0.05, 0.1) is 0 Å². The largest absolute Gasteiger partial charge is 0.337 e. The zero-order valence-electron chi connectivity index (χ0n) is 8.84. The first-order chi connectivity index (χ1) is 6.74. The Kier molecular flexibility index (Phi) is 2.44. The molecule has 0 atom stereocenters. The van der Waals surface area contributed by atoms with E-state index in [1.807, 2.05) is 6.92 Å². The Morgan fingerprint density at radius 3 is 2.79 bits per heavy atom. The minimum Gasteiger partial charge on any atom is -0.337 e. The highest BCUT2D eigenvalue weighted by Gasteiger charge is 2.41. The monoisotopic (exact) mass is 195 g/mol. The number of aromatic nitrogens is 2. The van der Waals surface area contributed by atoms with Crippen molar-refractivity contribution in [2.24, 2.45) is 5.41 Å². The summed E-state index contributed by atoms with van der Waals surface area (Å²) >= 11 is 0. The number of aryl methyl sites for hydroxylation is 1. The van der Waals surface area contributed by atoms with Crippen molar-refractivity contribution in [1.82, 2.24) is 10.1 Å². The molecule has 0 saturated heterocycles. The highest BCUT2D eigenvalue weighted by Crippen LogP contribution is 2.49. The van der Waals surface area contributed by atoms with Crippen LogP contribution in [0.25, 0.3) is 0 Å². The quantitative estimate of drug-likeness (QED) is 0.783. The van der Waals surface area contributed by atoms with Crippen LogP contribution in [-0.4, -0.2) is 16.7 Å². The van der Waals surface area contributed by atoms with E-state index in [0.717, 1.165) is 6.54 Å². The van der Waals surface area contributed by atoms with Crippen molar-refractivity contribution in [3.8, 4) is 0 Å². The van der Waals surface area contributed by atoms with Crippen LogP contribution in [0.1, 0.15) is 38.4 Å². The van der Waals surface area contributed by atoms with E-state index in [-0.39, 0.29) is 0 Å². The minimum atomic E-state index is 0.525. The van der Waals surface area contributed by atoms with Gasteiger partial charge in [-0.25, -0.2) is 0 Å². The Morgan fingerprint density at radius 1 is 1.50 bits per heavy atom. The highest BCUT2D eigenvalue weighted by molar-refractivity contribution is 5.20. The van der Waals surface area contributed by atoms with Gasteiger partial charge in [0.2, 0.25) is 0 Å². The second-order valence-electron chi connectivity index (χ2n) is 4.25. The third-order valence-corrected chi connectivity index (χ3v) is 2.88. The van der Waals surface area contributed by atoms with Crippen LogP contribution >= 0.6 is 0 Å². The van der Waals surface area contributed by atoms with Crippen molar-refractivity contribution in [3.05, 3.63) is 5.82 Å². The average Bonchev–Trinajstić information content (AvgIpc) is 2.80. The summed E-state index contributed by atoms with van der Waals surface area (Å²) in [6.07, 6.45) is 5.22. The van der Waals surface area contributed by atoms with Crippen LogP contribution in [0.5, 0.6) is 0 Å². The van der Waals surface area contributed by atoms with E-state index in [2.05, 4.69) is 22.4 Å². The normalized spacial score (nSPS) is 18.1. The standard InChI is InChI=1S/C10H17N3O/c1-3-4-10(5-6-10)7-11-9-12-8(2)13-14-9/h3-7H2,1-2H3,(H,11,12,13). The number of rotatable bonds is 5. The highest BCUT2D eigenvalue weighted by atomic mass is 16.5. The molecule has 0 aromatic carbocycles. The molecule has 1 aliphatic carbocycles. The maximum Gasteiger partial charge on any atom is 0.321 e. The van der Waals surface area contributed by atoms with Gasteiger partial charge in [-0.05, 0) is 31.6 Å². The molecule has 78 valence electrons. The molecule has 1 aromatic rings. The first-order valence-electron chi connectivity index (χ1n) is 5.28. The van der Waals surface area contributed by atoms with Gasteiger partial charge in [0.25, 0.3) is 0 Å². The Hall–Kier alpha value is -1.06. The fourth-order valence-corrected chi connectivity index (χ4v) is 1.85. The van der Waals surface area contributed by atoms with E-state index in [4.69, 9.17) is 4.52 Å². The van der Waals surface area contributed by atoms with Gasteiger partial charge in [0.15, 0.2) is 5.82 Å². The Bertz CT molecular complexity index is 304. The smallest absolute Gasteiger partial charge is 0.321 e. The van der Waals surface area contributed by atoms with Crippen molar-refractivity contribution in [2.75, 3.05) is 11.9 Å². The molecule has 0 radical (unpaired) electrons. The van der Waals surface area contributed by atoms with E-state index in [0.29, 0.717) is 17.3 Å².